The van der Waals surface area contributed by atoms with Crippen molar-refractivity contribution >= 4 is 21.4 Å². The number of fused-ring (bicyclic) bond motifs is 1. The third-order valence-corrected chi connectivity index (χ3v) is 3.86. The van der Waals surface area contributed by atoms with E-state index in [0.29, 0.717) is 16.6 Å². The molecule has 0 aliphatic carbocycles. The van der Waals surface area contributed by atoms with Gasteiger partial charge in [0.15, 0.2) is 0 Å². The monoisotopic (exact) mass is 241 g/mol. The van der Waals surface area contributed by atoms with E-state index in [2.05, 4.69) is 0 Å². The van der Waals surface area contributed by atoms with Crippen LogP contribution in [0.15, 0.2) is 12.1 Å². The van der Waals surface area contributed by atoms with Crippen molar-refractivity contribution in [3.8, 4) is 0 Å². The van der Waals surface area contributed by atoms with Crippen LogP contribution >= 0.6 is 11.3 Å². The number of hydrogen-bond donors (Lipinski definition) is 1. The van der Waals surface area contributed by atoms with E-state index in [0.717, 1.165) is 29.3 Å². The molecule has 86 valence electrons. The van der Waals surface area contributed by atoms with Crippen LogP contribution in [0.2, 0.25) is 0 Å². The van der Waals surface area contributed by atoms with Gasteiger partial charge in [0.2, 0.25) is 0 Å². The Balaban J connectivity index is 2.73. The van der Waals surface area contributed by atoms with Crippen LogP contribution < -0.4 is 5.73 Å². The molecule has 0 aliphatic rings. The smallest absolute Gasteiger partial charge is 0.143 e. The van der Waals surface area contributed by atoms with Crippen molar-refractivity contribution in [2.45, 2.75) is 26.3 Å². The van der Waals surface area contributed by atoms with Crippen molar-refractivity contribution in [2.24, 2.45) is 5.73 Å². The van der Waals surface area contributed by atoms with Gasteiger partial charge in [-0.2, -0.15) is 0 Å². The van der Waals surface area contributed by atoms with Crippen LogP contribution in [0.25, 0.3) is 10.1 Å². The highest BCUT2D eigenvalue weighted by atomic mass is 32.1. The maximum Gasteiger partial charge on any atom is 0.143 e. The topological polar surface area (TPSA) is 26.0 Å². The van der Waals surface area contributed by atoms with Crippen LogP contribution in [0.5, 0.6) is 0 Å². The highest BCUT2D eigenvalue weighted by molar-refractivity contribution is 7.19. The molecule has 2 aromatic rings. The summed E-state index contributed by atoms with van der Waals surface area (Å²) >= 11 is 1.33. The number of halogens is 2. The molecule has 0 saturated carbocycles. The molecule has 0 bridgehead atoms. The summed E-state index contributed by atoms with van der Waals surface area (Å²) in [6.45, 7) is 2.43. The molecule has 0 aliphatic heterocycles. The van der Waals surface area contributed by atoms with Crippen molar-refractivity contribution in [3.05, 3.63) is 34.2 Å². The van der Waals surface area contributed by atoms with E-state index in [1.54, 1.807) is 0 Å². The zero-order valence-corrected chi connectivity index (χ0v) is 9.83. The number of aryl methyl sites for hydroxylation is 1. The van der Waals surface area contributed by atoms with Gasteiger partial charge in [-0.3, -0.25) is 0 Å². The Labute approximate surface area is 96.9 Å². The minimum Gasteiger partial charge on any atom is -0.326 e. The van der Waals surface area contributed by atoms with Gasteiger partial charge in [0, 0.05) is 22.9 Å². The maximum absolute atomic E-state index is 13.5. The van der Waals surface area contributed by atoms with E-state index in [-0.39, 0.29) is 0 Å². The van der Waals surface area contributed by atoms with Crippen LogP contribution in [0.3, 0.4) is 0 Å². The van der Waals surface area contributed by atoms with Crippen LogP contribution in [0.1, 0.15) is 23.8 Å². The molecule has 0 unspecified atom stereocenters. The maximum atomic E-state index is 13.5. The average molecular weight is 241 g/mol. The first-order chi connectivity index (χ1) is 7.67. The van der Waals surface area contributed by atoms with Gasteiger partial charge in [-0.15, -0.1) is 11.3 Å². The molecule has 16 heavy (non-hydrogen) atoms. The number of nitrogens with two attached hydrogens (primary N) is 1. The summed E-state index contributed by atoms with van der Waals surface area (Å²) in [5.74, 6) is -1.01. The minimum absolute atomic E-state index is 0.385. The van der Waals surface area contributed by atoms with Crippen molar-refractivity contribution in [2.75, 3.05) is 0 Å². The average Bonchev–Trinajstić information content (AvgIpc) is 2.58. The molecule has 4 heteroatoms. The fourth-order valence-electron chi connectivity index (χ4n) is 1.91. The first-order valence-corrected chi connectivity index (χ1v) is 6.08. The summed E-state index contributed by atoms with van der Waals surface area (Å²) in [6, 6.07) is 2.33. The van der Waals surface area contributed by atoms with E-state index in [9.17, 15) is 8.78 Å². The minimum atomic E-state index is -0.524. The Kier molecular flexibility index (Phi) is 3.21. The fraction of sp³-hybridized carbons (Fsp3) is 0.333. The van der Waals surface area contributed by atoms with Gasteiger partial charge < -0.3 is 5.73 Å². The molecule has 1 nitrogen and oxygen atoms in total. The van der Waals surface area contributed by atoms with E-state index in [1.807, 2.05) is 6.92 Å². The van der Waals surface area contributed by atoms with Crippen molar-refractivity contribution in [3.63, 3.8) is 0 Å². The second-order valence-electron chi connectivity index (χ2n) is 3.72. The Morgan fingerprint density at radius 3 is 2.69 bits per heavy atom. The Bertz CT molecular complexity index is 519. The first kappa shape index (κ1) is 11.5. The van der Waals surface area contributed by atoms with Crippen LogP contribution in [-0.4, -0.2) is 0 Å². The lowest BCUT2D eigenvalue weighted by molar-refractivity contribution is 0.593. The second-order valence-corrected chi connectivity index (χ2v) is 4.83. The third kappa shape index (κ3) is 1.83. The van der Waals surface area contributed by atoms with E-state index in [1.165, 1.54) is 17.4 Å². The van der Waals surface area contributed by atoms with Gasteiger partial charge in [-0.05, 0) is 18.1 Å². The highest BCUT2D eigenvalue weighted by Gasteiger charge is 2.14. The quantitative estimate of drug-likeness (QED) is 0.873. The molecule has 1 aromatic carbocycles. The number of rotatable bonds is 3. The largest absolute Gasteiger partial charge is 0.326 e. The standard InChI is InChI=1S/C12H13F2NS/c1-2-3-8-9-4-7(13)5-10(14)12(9)16-11(8)6-15/h4-5H,2-3,6,15H2,1H3. The van der Waals surface area contributed by atoms with Crippen LogP contribution in [0, 0.1) is 11.6 Å². The third-order valence-electron chi connectivity index (χ3n) is 2.58. The summed E-state index contributed by atoms with van der Waals surface area (Å²) in [7, 11) is 0. The van der Waals surface area contributed by atoms with Gasteiger partial charge >= 0.3 is 0 Å². The molecule has 1 heterocycles. The number of benzene rings is 1. The Hall–Kier alpha value is -1.00. The molecule has 0 fully saturated rings. The van der Waals surface area contributed by atoms with Gasteiger partial charge in [0.1, 0.15) is 11.6 Å². The van der Waals surface area contributed by atoms with Gasteiger partial charge in [0.25, 0.3) is 0 Å². The number of hydrogen-bond acceptors (Lipinski definition) is 2. The van der Waals surface area contributed by atoms with Crippen LogP contribution in [-0.2, 0) is 13.0 Å². The molecule has 1 aromatic heterocycles. The summed E-state index contributed by atoms with van der Waals surface area (Å²) < 4.78 is 27.2. The zero-order chi connectivity index (χ0) is 11.7. The van der Waals surface area contributed by atoms with E-state index in [4.69, 9.17) is 5.73 Å². The first-order valence-electron chi connectivity index (χ1n) is 5.26. The molecule has 0 amide bonds. The molecular weight excluding hydrogens is 228 g/mol. The van der Waals surface area contributed by atoms with Gasteiger partial charge in [-0.25, -0.2) is 8.78 Å². The predicted octanol–water partition coefficient (Wildman–Crippen LogP) is 3.59. The molecule has 2 rings (SSSR count). The lowest BCUT2D eigenvalue weighted by Gasteiger charge is -2.00. The summed E-state index contributed by atoms with van der Waals surface area (Å²) in [6.07, 6.45) is 1.76. The summed E-state index contributed by atoms with van der Waals surface area (Å²) in [4.78, 5) is 0.960. The highest BCUT2D eigenvalue weighted by Crippen LogP contribution is 2.34. The number of thiophene rings is 1. The molecule has 0 saturated heterocycles. The molecule has 0 radical (unpaired) electrons. The van der Waals surface area contributed by atoms with E-state index >= 15 is 0 Å². The van der Waals surface area contributed by atoms with E-state index < -0.39 is 11.6 Å². The van der Waals surface area contributed by atoms with Crippen molar-refractivity contribution in [1.29, 1.82) is 0 Å². The molecule has 0 spiro atoms. The van der Waals surface area contributed by atoms with Gasteiger partial charge in [0.05, 0.1) is 4.70 Å². The van der Waals surface area contributed by atoms with Crippen LogP contribution in [0.4, 0.5) is 8.78 Å². The van der Waals surface area contributed by atoms with Gasteiger partial charge in [-0.1, -0.05) is 13.3 Å². The molecule has 2 N–H and O–H groups in total. The fourth-order valence-corrected chi connectivity index (χ4v) is 3.03. The summed E-state index contributed by atoms with van der Waals surface area (Å²) in [5, 5.41) is 0.685. The molecule has 0 atom stereocenters. The lowest BCUT2D eigenvalue weighted by atomic mass is 10.1. The summed E-state index contributed by atoms with van der Waals surface area (Å²) in [5.41, 5.74) is 6.63. The normalized spacial score (nSPS) is 11.2. The van der Waals surface area contributed by atoms with Crippen molar-refractivity contribution in [1.82, 2.24) is 0 Å². The molecular formula is C12H13F2NS. The zero-order valence-electron chi connectivity index (χ0n) is 9.02. The van der Waals surface area contributed by atoms with Crippen molar-refractivity contribution < 1.29 is 8.78 Å². The SMILES string of the molecule is CCCc1c(CN)sc2c(F)cc(F)cc12. The Morgan fingerprint density at radius 1 is 1.31 bits per heavy atom. The Morgan fingerprint density at radius 2 is 2.06 bits per heavy atom. The lowest BCUT2D eigenvalue weighted by Crippen LogP contribution is -1.97. The second kappa shape index (κ2) is 4.47. The predicted molar refractivity (Wildman–Crippen MR) is 63.6 cm³/mol.